The van der Waals surface area contributed by atoms with Gasteiger partial charge in [0.05, 0.1) is 12.6 Å². The van der Waals surface area contributed by atoms with E-state index >= 15 is 0 Å². The van der Waals surface area contributed by atoms with Crippen LogP contribution in [0.5, 0.6) is 6.01 Å². The monoisotopic (exact) mass is 270 g/mol. The van der Waals surface area contributed by atoms with Crippen LogP contribution in [0.1, 0.15) is 13.8 Å². The average Bonchev–Trinajstić information content (AvgIpc) is 2.34. The molecule has 0 fully saturated rings. The largest absolute Gasteiger partial charge is 0.461 e. The van der Waals surface area contributed by atoms with E-state index in [-0.39, 0.29) is 24.6 Å². The van der Waals surface area contributed by atoms with E-state index < -0.39 is 12.0 Å². The zero-order valence-corrected chi connectivity index (χ0v) is 11.0. The number of carbonyl (C=O) groups is 1. The molecule has 1 atom stereocenters. The molecule has 0 aliphatic rings. The predicted molar refractivity (Wildman–Crippen MR) is 68.8 cm³/mol. The topological polar surface area (TPSA) is 135 Å². The molecular weight excluding hydrogens is 252 g/mol. The Morgan fingerprint density at radius 2 is 2.00 bits per heavy atom. The molecule has 19 heavy (non-hydrogen) atoms. The Labute approximate surface area is 110 Å². The second-order valence-electron chi connectivity index (χ2n) is 3.98. The molecule has 0 aliphatic carbocycles. The molecule has 0 aliphatic heterocycles. The highest BCUT2D eigenvalue weighted by molar-refractivity contribution is 5.79. The molecule has 1 aromatic rings. The predicted octanol–water partition coefficient (Wildman–Crippen LogP) is -1.04. The Kier molecular flexibility index (Phi) is 5.24. The zero-order valence-electron chi connectivity index (χ0n) is 11.0. The number of nitrogens with zero attached hydrogens (tertiary/aromatic N) is 3. The number of carbonyl (C=O) groups excluding carboxylic acids is 1. The first-order chi connectivity index (χ1) is 8.92. The molecule has 1 rings (SSSR count). The summed E-state index contributed by atoms with van der Waals surface area (Å²) in [5.41, 5.74) is 4.93. The van der Waals surface area contributed by atoms with Gasteiger partial charge in [0.15, 0.2) is 0 Å². The molecule has 0 radical (unpaired) electrons. The summed E-state index contributed by atoms with van der Waals surface area (Å²) >= 11 is 0. The number of aliphatic hydroxyl groups excluding tert-OH is 1. The molecule has 5 N–H and O–H groups in total. The van der Waals surface area contributed by atoms with Gasteiger partial charge in [-0.1, -0.05) is 0 Å². The van der Waals surface area contributed by atoms with Crippen molar-refractivity contribution in [3.63, 3.8) is 0 Å². The molecule has 0 spiro atoms. The fourth-order valence-electron chi connectivity index (χ4n) is 1.10. The molecule has 1 aromatic heterocycles. The Balaban J connectivity index is 2.79. The lowest BCUT2D eigenvalue weighted by atomic mass is 10.3. The minimum atomic E-state index is -1.32. The third-order valence-electron chi connectivity index (χ3n) is 1.96. The van der Waals surface area contributed by atoms with Crippen molar-refractivity contribution < 1.29 is 14.6 Å². The average molecular weight is 270 g/mol. The van der Waals surface area contributed by atoms with Crippen LogP contribution in [0.2, 0.25) is 0 Å². The number of rotatable bonds is 7. The summed E-state index contributed by atoms with van der Waals surface area (Å²) in [5, 5.41) is 14.7. The second-order valence-corrected chi connectivity index (χ2v) is 3.98. The van der Waals surface area contributed by atoms with E-state index in [1.54, 1.807) is 7.05 Å². The Morgan fingerprint density at radius 1 is 1.37 bits per heavy atom. The highest BCUT2D eigenvalue weighted by atomic mass is 16.5. The number of hydrogen-bond donors (Lipinski definition) is 4. The molecular formula is C10H18N6O3. The van der Waals surface area contributed by atoms with Gasteiger partial charge in [-0.3, -0.25) is 4.79 Å². The van der Waals surface area contributed by atoms with Crippen LogP contribution in [0.4, 0.5) is 11.9 Å². The highest BCUT2D eigenvalue weighted by Crippen LogP contribution is 2.12. The SMILES string of the molecule is CNc1nc(NCC(O)C(N)=O)nc(OC(C)C)n1. The fraction of sp³-hybridized carbons (Fsp3) is 0.600. The van der Waals surface area contributed by atoms with Crippen molar-refractivity contribution in [3.05, 3.63) is 0 Å². The van der Waals surface area contributed by atoms with Crippen LogP contribution >= 0.6 is 0 Å². The normalized spacial score (nSPS) is 12.1. The fourth-order valence-corrected chi connectivity index (χ4v) is 1.10. The van der Waals surface area contributed by atoms with Gasteiger partial charge in [0.1, 0.15) is 6.10 Å². The van der Waals surface area contributed by atoms with E-state index in [9.17, 15) is 9.90 Å². The third-order valence-corrected chi connectivity index (χ3v) is 1.96. The number of hydrogen-bond acceptors (Lipinski definition) is 8. The van der Waals surface area contributed by atoms with Crippen LogP contribution in [0.25, 0.3) is 0 Å². The maximum absolute atomic E-state index is 10.7. The molecule has 1 unspecified atom stereocenters. The lowest BCUT2D eigenvalue weighted by Gasteiger charge is -2.12. The van der Waals surface area contributed by atoms with Gasteiger partial charge in [-0.25, -0.2) is 0 Å². The Hall–Kier alpha value is -2.16. The Bertz CT molecular complexity index is 439. The number of anilines is 2. The van der Waals surface area contributed by atoms with Gasteiger partial charge in [0.25, 0.3) is 0 Å². The molecule has 0 saturated carbocycles. The van der Waals surface area contributed by atoms with Crippen molar-refractivity contribution in [1.82, 2.24) is 15.0 Å². The van der Waals surface area contributed by atoms with Crippen molar-refractivity contribution in [3.8, 4) is 6.01 Å². The second kappa shape index (κ2) is 6.69. The van der Waals surface area contributed by atoms with Crippen LogP contribution in [0.15, 0.2) is 0 Å². The number of amides is 1. The standard InChI is InChI=1S/C10H18N6O3/c1-5(2)19-10-15-8(12-3)14-9(16-10)13-4-6(17)7(11)18/h5-6,17H,4H2,1-3H3,(H2,11,18)(H2,12,13,14,15,16). The van der Waals surface area contributed by atoms with E-state index in [0.717, 1.165) is 0 Å². The minimum absolute atomic E-state index is 0.0869. The number of primary amides is 1. The van der Waals surface area contributed by atoms with Crippen LogP contribution < -0.4 is 21.1 Å². The number of nitrogens with one attached hydrogen (secondary N) is 2. The van der Waals surface area contributed by atoms with Gasteiger partial charge < -0.3 is 26.2 Å². The van der Waals surface area contributed by atoms with E-state index in [1.165, 1.54) is 0 Å². The van der Waals surface area contributed by atoms with Gasteiger partial charge in [0.2, 0.25) is 17.8 Å². The molecule has 0 bridgehead atoms. The molecule has 0 aromatic carbocycles. The summed E-state index contributed by atoms with van der Waals surface area (Å²) in [6.45, 7) is 3.59. The summed E-state index contributed by atoms with van der Waals surface area (Å²) in [6.07, 6.45) is -1.40. The zero-order chi connectivity index (χ0) is 14.4. The minimum Gasteiger partial charge on any atom is -0.461 e. The van der Waals surface area contributed by atoms with Crippen molar-refractivity contribution in [2.75, 3.05) is 24.2 Å². The summed E-state index contributed by atoms with van der Waals surface area (Å²) in [7, 11) is 1.65. The van der Waals surface area contributed by atoms with Crippen LogP contribution in [0, 0.1) is 0 Å². The molecule has 1 heterocycles. The van der Waals surface area contributed by atoms with E-state index in [4.69, 9.17) is 10.5 Å². The number of aromatic nitrogens is 3. The van der Waals surface area contributed by atoms with Gasteiger partial charge in [0, 0.05) is 7.05 Å². The maximum atomic E-state index is 10.7. The first kappa shape index (κ1) is 14.9. The Morgan fingerprint density at radius 3 is 2.53 bits per heavy atom. The van der Waals surface area contributed by atoms with Gasteiger partial charge in [-0.2, -0.15) is 15.0 Å². The molecule has 9 nitrogen and oxygen atoms in total. The molecule has 9 heteroatoms. The maximum Gasteiger partial charge on any atom is 0.323 e. The number of aliphatic hydroxyl groups is 1. The van der Waals surface area contributed by atoms with Crippen molar-refractivity contribution >= 4 is 17.8 Å². The van der Waals surface area contributed by atoms with Crippen molar-refractivity contribution in [2.45, 2.75) is 26.1 Å². The first-order valence-electron chi connectivity index (χ1n) is 5.74. The van der Waals surface area contributed by atoms with E-state index in [1.807, 2.05) is 13.8 Å². The number of ether oxygens (including phenoxy) is 1. The summed E-state index contributed by atoms with van der Waals surface area (Å²) in [5.74, 6) is -0.342. The van der Waals surface area contributed by atoms with Crippen LogP contribution in [0.3, 0.4) is 0 Å². The van der Waals surface area contributed by atoms with Crippen LogP contribution in [-0.2, 0) is 4.79 Å². The first-order valence-corrected chi connectivity index (χ1v) is 5.74. The smallest absolute Gasteiger partial charge is 0.323 e. The van der Waals surface area contributed by atoms with Gasteiger partial charge >= 0.3 is 6.01 Å². The van der Waals surface area contributed by atoms with E-state index in [0.29, 0.717) is 5.95 Å². The van der Waals surface area contributed by atoms with E-state index in [2.05, 4.69) is 25.6 Å². The third kappa shape index (κ3) is 4.92. The summed E-state index contributed by atoms with van der Waals surface area (Å²) in [4.78, 5) is 22.7. The highest BCUT2D eigenvalue weighted by Gasteiger charge is 2.13. The van der Waals surface area contributed by atoms with Crippen LogP contribution in [-0.4, -0.2) is 51.8 Å². The quantitative estimate of drug-likeness (QED) is 0.493. The summed E-state index contributed by atoms with van der Waals surface area (Å²) in [6, 6.07) is 0.144. The molecule has 1 amide bonds. The lowest BCUT2D eigenvalue weighted by Crippen LogP contribution is -2.34. The molecule has 0 saturated heterocycles. The van der Waals surface area contributed by atoms with Crippen molar-refractivity contribution in [2.24, 2.45) is 5.73 Å². The van der Waals surface area contributed by atoms with Gasteiger partial charge in [-0.15, -0.1) is 0 Å². The number of nitrogens with two attached hydrogens (primary N) is 1. The van der Waals surface area contributed by atoms with Crippen molar-refractivity contribution in [1.29, 1.82) is 0 Å². The lowest BCUT2D eigenvalue weighted by molar-refractivity contribution is -0.125. The summed E-state index contributed by atoms with van der Waals surface area (Å²) < 4.78 is 5.36. The van der Waals surface area contributed by atoms with Gasteiger partial charge in [-0.05, 0) is 13.8 Å². The molecule has 106 valence electrons.